The molecule has 0 aliphatic heterocycles. The number of aryl methyl sites for hydroxylation is 2. The summed E-state index contributed by atoms with van der Waals surface area (Å²) in [5.74, 6) is -0.457. The number of halogens is 1. The Bertz CT molecular complexity index is 1060. The number of hydrogen-bond acceptors (Lipinski definition) is 6. The van der Waals surface area contributed by atoms with E-state index in [9.17, 15) is 4.79 Å². The lowest BCUT2D eigenvalue weighted by Gasteiger charge is -1.94. The third-order valence-electron chi connectivity index (χ3n) is 3.49. The minimum Gasteiger partial charge on any atom is -0.464 e. The van der Waals surface area contributed by atoms with Crippen molar-refractivity contribution < 1.29 is 9.53 Å². The van der Waals surface area contributed by atoms with E-state index >= 15 is 0 Å². The van der Waals surface area contributed by atoms with E-state index in [0.29, 0.717) is 5.39 Å². The first-order valence-electron chi connectivity index (χ1n) is 7.35. The molecule has 8 nitrogen and oxygen atoms in total. The average Bonchev–Trinajstić information content (AvgIpc) is 3.18. The summed E-state index contributed by atoms with van der Waals surface area (Å²) in [6.07, 6.45) is 3.45. The molecule has 0 atom stereocenters. The number of fused-ring (bicyclic) bond motifs is 2. The summed E-state index contributed by atoms with van der Waals surface area (Å²) < 4.78 is 5.63. The molecule has 4 aromatic heterocycles. The standard InChI is InChI=1S/C9H9N3O2.C7H6IN3/c1-5-3-7-6(4-10-5)8(12-11-7)9(13)14-2;1-4-2-6-5(3-9-4)7(8)11-10-6/h3-4H,1-2H3,(H,11,12);2-3H,1H3,(H,10,11). The van der Waals surface area contributed by atoms with E-state index in [-0.39, 0.29) is 5.69 Å². The van der Waals surface area contributed by atoms with Gasteiger partial charge in [-0.1, -0.05) is 0 Å². The number of aromatic nitrogens is 6. The number of methoxy groups -OCH3 is 1. The molecule has 9 heteroatoms. The van der Waals surface area contributed by atoms with E-state index in [2.05, 4.69) is 57.7 Å². The number of carbonyl (C=O) groups excluding carboxylic acids is 1. The van der Waals surface area contributed by atoms with Gasteiger partial charge < -0.3 is 4.74 Å². The zero-order chi connectivity index (χ0) is 18.0. The number of H-pyrrole nitrogens is 2. The Hall–Kier alpha value is -2.56. The van der Waals surface area contributed by atoms with Crippen molar-refractivity contribution in [3.8, 4) is 0 Å². The van der Waals surface area contributed by atoms with Gasteiger partial charge in [-0.05, 0) is 48.6 Å². The van der Waals surface area contributed by atoms with Crippen molar-refractivity contribution in [2.75, 3.05) is 7.11 Å². The fourth-order valence-corrected chi connectivity index (χ4v) is 2.78. The molecule has 0 saturated heterocycles. The molecular formula is C16H15IN6O2. The highest BCUT2D eigenvalue weighted by Crippen LogP contribution is 2.16. The van der Waals surface area contributed by atoms with Crippen LogP contribution in [0, 0.1) is 17.5 Å². The molecule has 128 valence electrons. The number of nitrogens with zero attached hydrogens (tertiary/aromatic N) is 4. The molecule has 0 radical (unpaired) electrons. The highest BCUT2D eigenvalue weighted by atomic mass is 127. The molecule has 0 amide bonds. The molecule has 2 N–H and O–H groups in total. The minimum atomic E-state index is -0.457. The lowest BCUT2D eigenvalue weighted by molar-refractivity contribution is 0.0596. The monoisotopic (exact) mass is 450 g/mol. The van der Waals surface area contributed by atoms with Gasteiger partial charge in [0.15, 0.2) is 5.69 Å². The summed E-state index contributed by atoms with van der Waals surface area (Å²) >= 11 is 2.21. The molecule has 0 saturated carbocycles. The first-order valence-corrected chi connectivity index (χ1v) is 8.42. The predicted octanol–water partition coefficient (Wildman–Crippen LogP) is 2.92. The number of carbonyl (C=O) groups is 1. The molecule has 0 aromatic carbocycles. The molecule has 0 fully saturated rings. The van der Waals surface area contributed by atoms with Crippen LogP contribution < -0.4 is 0 Å². The second-order valence-electron chi connectivity index (χ2n) is 5.32. The summed E-state index contributed by atoms with van der Waals surface area (Å²) in [4.78, 5) is 19.5. The smallest absolute Gasteiger partial charge is 0.359 e. The van der Waals surface area contributed by atoms with E-state index in [0.717, 1.165) is 31.5 Å². The van der Waals surface area contributed by atoms with E-state index in [1.54, 1.807) is 6.20 Å². The van der Waals surface area contributed by atoms with Crippen LogP contribution in [0.4, 0.5) is 0 Å². The Morgan fingerprint density at radius 3 is 2.44 bits per heavy atom. The van der Waals surface area contributed by atoms with Gasteiger partial charge in [0.05, 0.1) is 28.9 Å². The van der Waals surface area contributed by atoms with Crippen LogP contribution in [0.25, 0.3) is 21.8 Å². The fraction of sp³-hybridized carbons (Fsp3) is 0.188. The van der Waals surface area contributed by atoms with Crippen LogP contribution in [0.3, 0.4) is 0 Å². The van der Waals surface area contributed by atoms with Crippen molar-refractivity contribution >= 4 is 50.4 Å². The topological polar surface area (TPSA) is 109 Å². The van der Waals surface area contributed by atoms with Gasteiger partial charge in [-0.2, -0.15) is 10.2 Å². The SMILES string of the molecule is COC(=O)c1n[nH]c2cc(C)ncc12.Cc1cc2n[nH]c(I)c2cn1. The number of nitrogens with one attached hydrogen (secondary N) is 2. The Kier molecular flexibility index (Phi) is 4.93. The van der Waals surface area contributed by atoms with Gasteiger partial charge in [-0.25, -0.2) is 4.79 Å². The Labute approximate surface area is 156 Å². The van der Waals surface area contributed by atoms with Gasteiger partial charge in [0.25, 0.3) is 0 Å². The van der Waals surface area contributed by atoms with Gasteiger partial charge in [0.1, 0.15) is 3.70 Å². The maximum Gasteiger partial charge on any atom is 0.359 e. The number of aromatic amines is 2. The number of ether oxygens (including phenoxy) is 1. The van der Waals surface area contributed by atoms with Crippen LogP contribution in [0.2, 0.25) is 0 Å². The van der Waals surface area contributed by atoms with Gasteiger partial charge in [-0.15, -0.1) is 0 Å². The first-order chi connectivity index (χ1) is 12.0. The van der Waals surface area contributed by atoms with Crippen molar-refractivity contribution in [3.63, 3.8) is 0 Å². The van der Waals surface area contributed by atoms with Crippen LogP contribution >= 0.6 is 22.6 Å². The maximum atomic E-state index is 11.2. The van der Waals surface area contributed by atoms with E-state index in [4.69, 9.17) is 0 Å². The average molecular weight is 450 g/mol. The zero-order valence-electron chi connectivity index (χ0n) is 13.8. The van der Waals surface area contributed by atoms with Crippen LogP contribution in [-0.4, -0.2) is 43.4 Å². The fourth-order valence-electron chi connectivity index (χ4n) is 2.25. The van der Waals surface area contributed by atoms with Crippen molar-refractivity contribution in [1.29, 1.82) is 0 Å². The first kappa shape index (κ1) is 17.3. The molecule has 0 spiro atoms. The number of esters is 1. The number of pyridine rings is 2. The van der Waals surface area contributed by atoms with Crippen molar-refractivity contribution in [1.82, 2.24) is 30.4 Å². The third-order valence-corrected chi connectivity index (χ3v) is 4.31. The second kappa shape index (κ2) is 7.13. The lowest BCUT2D eigenvalue weighted by atomic mass is 10.2. The maximum absolute atomic E-state index is 11.2. The quantitative estimate of drug-likeness (QED) is 0.341. The van der Waals surface area contributed by atoms with Gasteiger partial charge >= 0.3 is 5.97 Å². The molecule has 4 aromatic rings. The van der Waals surface area contributed by atoms with Gasteiger partial charge in [0.2, 0.25) is 0 Å². The molecule has 0 bridgehead atoms. The molecule has 0 aliphatic carbocycles. The third kappa shape index (κ3) is 3.60. The molecule has 4 heterocycles. The summed E-state index contributed by atoms with van der Waals surface area (Å²) in [7, 11) is 1.32. The van der Waals surface area contributed by atoms with Crippen LogP contribution in [0.5, 0.6) is 0 Å². The molecular weight excluding hydrogens is 435 g/mol. The Morgan fingerprint density at radius 2 is 1.72 bits per heavy atom. The van der Waals surface area contributed by atoms with E-state index in [1.165, 1.54) is 7.11 Å². The summed E-state index contributed by atoms with van der Waals surface area (Å²) in [6, 6.07) is 3.79. The van der Waals surface area contributed by atoms with Crippen LogP contribution in [-0.2, 0) is 4.74 Å². The minimum absolute atomic E-state index is 0.273. The summed E-state index contributed by atoms with van der Waals surface area (Å²) in [5.41, 5.74) is 3.92. The van der Waals surface area contributed by atoms with Crippen molar-refractivity contribution in [3.05, 3.63) is 45.3 Å². The predicted molar refractivity (Wildman–Crippen MR) is 101 cm³/mol. The van der Waals surface area contributed by atoms with E-state index in [1.807, 2.05) is 32.2 Å². The zero-order valence-corrected chi connectivity index (χ0v) is 16.0. The summed E-state index contributed by atoms with van der Waals surface area (Å²) in [5, 5.41) is 15.4. The highest BCUT2D eigenvalue weighted by molar-refractivity contribution is 14.1. The Balaban J connectivity index is 0.000000150. The highest BCUT2D eigenvalue weighted by Gasteiger charge is 2.14. The van der Waals surface area contributed by atoms with Gasteiger partial charge in [-0.3, -0.25) is 20.2 Å². The number of rotatable bonds is 1. The van der Waals surface area contributed by atoms with Crippen LogP contribution in [0.1, 0.15) is 21.9 Å². The molecule has 0 unspecified atom stereocenters. The number of hydrogen-bond donors (Lipinski definition) is 2. The molecule has 0 aliphatic rings. The van der Waals surface area contributed by atoms with E-state index < -0.39 is 5.97 Å². The second-order valence-corrected chi connectivity index (χ2v) is 6.39. The largest absolute Gasteiger partial charge is 0.464 e. The molecule has 25 heavy (non-hydrogen) atoms. The van der Waals surface area contributed by atoms with Crippen molar-refractivity contribution in [2.45, 2.75) is 13.8 Å². The molecule has 4 rings (SSSR count). The Morgan fingerprint density at radius 1 is 1.04 bits per heavy atom. The van der Waals surface area contributed by atoms with Crippen molar-refractivity contribution in [2.24, 2.45) is 0 Å². The lowest BCUT2D eigenvalue weighted by Crippen LogP contribution is -2.02. The summed E-state index contributed by atoms with van der Waals surface area (Å²) in [6.45, 7) is 3.83. The van der Waals surface area contributed by atoms with Crippen LogP contribution in [0.15, 0.2) is 24.5 Å². The van der Waals surface area contributed by atoms with Gasteiger partial charge in [0, 0.05) is 23.8 Å². The normalized spacial score (nSPS) is 10.6.